The summed E-state index contributed by atoms with van der Waals surface area (Å²) in [5.41, 5.74) is 8.80. The molecular weight excluding hydrogens is 240 g/mol. The van der Waals surface area contributed by atoms with Crippen molar-refractivity contribution in [3.63, 3.8) is 0 Å². The first-order valence-electron chi connectivity index (χ1n) is 5.96. The number of nitrogens with zero attached hydrogens (tertiary/aromatic N) is 3. The standard InChI is InChI=1S/C14H14N4O/c1-9-5-3-4-6-10(9)13-16-17-14-11(19-2)7-8-12(15)18(13)14/h3-8H,15H2,1-2H3. The Kier molecular flexibility index (Phi) is 2.59. The largest absolute Gasteiger partial charge is 0.493 e. The molecule has 0 saturated carbocycles. The van der Waals surface area contributed by atoms with E-state index in [-0.39, 0.29) is 0 Å². The molecule has 2 heterocycles. The van der Waals surface area contributed by atoms with Gasteiger partial charge >= 0.3 is 0 Å². The van der Waals surface area contributed by atoms with E-state index in [0.29, 0.717) is 17.2 Å². The Morgan fingerprint density at radius 1 is 1.11 bits per heavy atom. The van der Waals surface area contributed by atoms with Gasteiger partial charge in [-0.1, -0.05) is 24.3 Å². The predicted octanol–water partition coefficient (Wildman–Crippen LogP) is 2.30. The van der Waals surface area contributed by atoms with Crippen LogP contribution >= 0.6 is 0 Å². The first kappa shape index (κ1) is 11.5. The lowest BCUT2D eigenvalue weighted by Crippen LogP contribution is -2.00. The van der Waals surface area contributed by atoms with Gasteiger partial charge in [-0.2, -0.15) is 0 Å². The van der Waals surface area contributed by atoms with Crippen molar-refractivity contribution in [2.24, 2.45) is 0 Å². The molecule has 19 heavy (non-hydrogen) atoms. The minimum Gasteiger partial charge on any atom is -0.493 e. The van der Waals surface area contributed by atoms with Gasteiger partial charge in [-0.05, 0) is 24.6 Å². The number of pyridine rings is 1. The summed E-state index contributed by atoms with van der Waals surface area (Å²) in [5.74, 6) is 1.96. The molecular formula is C14H14N4O. The summed E-state index contributed by atoms with van der Waals surface area (Å²) in [7, 11) is 1.60. The molecule has 5 nitrogen and oxygen atoms in total. The summed E-state index contributed by atoms with van der Waals surface area (Å²) in [6.07, 6.45) is 0. The molecule has 0 saturated heterocycles. The molecule has 0 fully saturated rings. The number of aryl methyl sites for hydroxylation is 1. The van der Waals surface area contributed by atoms with E-state index in [0.717, 1.165) is 17.0 Å². The Balaban J connectivity index is 2.35. The lowest BCUT2D eigenvalue weighted by Gasteiger charge is -2.08. The molecule has 2 N–H and O–H groups in total. The third-order valence-electron chi connectivity index (χ3n) is 3.15. The molecule has 0 unspecified atom stereocenters. The van der Waals surface area contributed by atoms with Crippen molar-refractivity contribution >= 4 is 11.5 Å². The van der Waals surface area contributed by atoms with E-state index in [1.165, 1.54) is 0 Å². The van der Waals surface area contributed by atoms with Gasteiger partial charge in [-0.15, -0.1) is 10.2 Å². The van der Waals surface area contributed by atoms with Gasteiger partial charge in [0, 0.05) is 5.56 Å². The maximum atomic E-state index is 6.04. The fourth-order valence-corrected chi connectivity index (χ4v) is 2.16. The van der Waals surface area contributed by atoms with Crippen molar-refractivity contribution < 1.29 is 4.74 Å². The highest BCUT2D eigenvalue weighted by Gasteiger charge is 2.15. The van der Waals surface area contributed by atoms with E-state index in [2.05, 4.69) is 10.2 Å². The van der Waals surface area contributed by atoms with Gasteiger partial charge in [0.05, 0.1) is 7.11 Å². The number of anilines is 1. The second-order valence-electron chi connectivity index (χ2n) is 4.32. The topological polar surface area (TPSA) is 65.4 Å². The number of methoxy groups -OCH3 is 1. The number of nitrogens with two attached hydrogens (primary N) is 1. The number of hydrogen-bond donors (Lipinski definition) is 1. The normalized spacial score (nSPS) is 10.8. The van der Waals surface area contributed by atoms with Crippen LogP contribution in [0, 0.1) is 6.92 Å². The molecule has 2 aromatic heterocycles. The summed E-state index contributed by atoms with van der Waals surface area (Å²) in [6.45, 7) is 2.03. The minimum atomic E-state index is 0.582. The van der Waals surface area contributed by atoms with Crippen LogP contribution < -0.4 is 10.5 Å². The number of ether oxygens (including phenoxy) is 1. The van der Waals surface area contributed by atoms with Gasteiger partial charge in [0.15, 0.2) is 11.6 Å². The summed E-state index contributed by atoms with van der Waals surface area (Å²) in [4.78, 5) is 0. The maximum Gasteiger partial charge on any atom is 0.205 e. The van der Waals surface area contributed by atoms with E-state index in [9.17, 15) is 0 Å². The van der Waals surface area contributed by atoms with Crippen molar-refractivity contribution in [2.45, 2.75) is 6.92 Å². The van der Waals surface area contributed by atoms with Crippen LogP contribution in [0.15, 0.2) is 36.4 Å². The van der Waals surface area contributed by atoms with E-state index >= 15 is 0 Å². The highest BCUT2D eigenvalue weighted by atomic mass is 16.5. The Bertz CT molecular complexity index is 748. The van der Waals surface area contributed by atoms with Gasteiger partial charge < -0.3 is 10.5 Å². The highest BCUT2D eigenvalue weighted by molar-refractivity contribution is 5.69. The lowest BCUT2D eigenvalue weighted by atomic mass is 10.1. The van der Waals surface area contributed by atoms with Crippen molar-refractivity contribution in [3.8, 4) is 17.1 Å². The molecule has 0 atom stereocenters. The monoisotopic (exact) mass is 254 g/mol. The molecule has 3 rings (SSSR count). The minimum absolute atomic E-state index is 0.582. The summed E-state index contributed by atoms with van der Waals surface area (Å²) >= 11 is 0. The quantitative estimate of drug-likeness (QED) is 0.762. The van der Waals surface area contributed by atoms with Crippen LogP contribution in [0.3, 0.4) is 0 Å². The number of rotatable bonds is 2. The molecule has 0 aliphatic rings. The Morgan fingerprint density at radius 3 is 2.63 bits per heavy atom. The first-order valence-corrected chi connectivity index (χ1v) is 5.96. The van der Waals surface area contributed by atoms with Crippen LogP contribution in [0.4, 0.5) is 5.82 Å². The van der Waals surface area contributed by atoms with E-state index in [4.69, 9.17) is 10.5 Å². The van der Waals surface area contributed by atoms with Crippen LogP contribution in [-0.4, -0.2) is 21.7 Å². The van der Waals surface area contributed by atoms with E-state index in [1.54, 1.807) is 23.6 Å². The van der Waals surface area contributed by atoms with Gasteiger partial charge in [-0.25, -0.2) is 0 Å². The van der Waals surface area contributed by atoms with Gasteiger partial charge in [0.1, 0.15) is 5.82 Å². The summed E-state index contributed by atoms with van der Waals surface area (Å²) in [5, 5.41) is 8.42. The number of nitrogen functional groups attached to an aromatic ring is 1. The van der Waals surface area contributed by atoms with Gasteiger partial charge in [0.2, 0.25) is 5.65 Å². The molecule has 1 aromatic carbocycles. The van der Waals surface area contributed by atoms with Crippen LogP contribution in [0.25, 0.3) is 17.0 Å². The van der Waals surface area contributed by atoms with Gasteiger partial charge in [0.25, 0.3) is 0 Å². The molecule has 0 aliphatic heterocycles. The summed E-state index contributed by atoms with van der Waals surface area (Å²) < 4.78 is 7.09. The zero-order chi connectivity index (χ0) is 13.4. The van der Waals surface area contributed by atoms with Gasteiger partial charge in [-0.3, -0.25) is 4.40 Å². The van der Waals surface area contributed by atoms with Crippen molar-refractivity contribution in [1.82, 2.24) is 14.6 Å². The fourth-order valence-electron chi connectivity index (χ4n) is 2.16. The molecule has 0 spiro atoms. The smallest absolute Gasteiger partial charge is 0.205 e. The van der Waals surface area contributed by atoms with Crippen LogP contribution in [-0.2, 0) is 0 Å². The Morgan fingerprint density at radius 2 is 1.89 bits per heavy atom. The molecule has 96 valence electrons. The Labute approximate surface area is 110 Å². The lowest BCUT2D eigenvalue weighted by molar-refractivity contribution is 0.417. The second-order valence-corrected chi connectivity index (χ2v) is 4.32. The third-order valence-corrected chi connectivity index (χ3v) is 3.15. The predicted molar refractivity (Wildman–Crippen MR) is 74.1 cm³/mol. The average Bonchev–Trinajstić information content (AvgIpc) is 2.85. The summed E-state index contributed by atoms with van der Waals surface area (Å²) in [6, 6.07) is 11.6. The fraction of sp³-hybridized carbons (Fsp3) is 0.143. The average molecular weight is 254 g/mol. The van der Waals surface area contributed by atoms with E-state index in [1.807, 2.05) is 31.2 Å². The molecule has 5 heteroatoms. The first-order chi connectivity index (χ1) is 9.22. The van der Waals surface area contributed by atoms with Crippen LogP contribution in [0.1, 0.15) is 5.56 Å². The number of benzene rings is 1. The molecule has 3 aromatic rings. The Hall–Kier alpha value is -2.56. The zero-order valence-corrected chi connectivity index (χ0v) is 10.8. The number of aromatic nitrogens is 3. The maximum absolute atomic E-state index is 6.04. The molecule has 0 bridgehead atoms. The zero-order valence-electron chi connectivity index (χ0n) is 10.8. The van der Waals surface area contributed by atoms with Crippen molar-refractivity contribution in [3.05, 3.63) is 42.0 Å². The second kappa shape index (κ2) is 4.28. The highest BCUT2D eigenvalue weighted by Crippen LogP contribution is 2.28. The molecule has 0 radical (unpaired) electrons. The van der Waals surface area contributed by atoms with Crippen LogP contribution in [0.5, 0.6) is 5.75 Å². The van der Waals surface area contributed by atoms with Crippen molar-refractivity contribution in [1.29, 1.82) is 0 Å². The van der Waals surface area contributed by atoms with Crippen molar-refractivity contribution in [2.75, 3.05) is 12.8 Å². The molecule has 0 amide bonds. The SMILES string of the molecule is COc1ccc(N)n2c(-c3ccccc3C)nnc12. The third kappa shape index (κ3) is 1.71. The number of hydrogen-bond acceptors (Lipinski definition) is 4. The number of fused-ring (bicyclic) bond motifs is 1. The van der Waals surface area contributed by atoms with Crippen LogP contribution in [0.2, 0.25) is 0 Å². The molecule has 0 aliphatic carbocycles. The van der Waals surface area contributed by atoms with E-state index < -0.39 is 0 Å².